The summed E-state index contributed by atoms with van der Waals surface area (Å²) in [7, 11) is 0. The Balaban J connectivity index is 0. The molecule has 0 aromatic rings. The van der Waals surface area contributed by atoms with Gasteiger partial charge in [0, 0.05) is 22.6 Å². The fraction of sp³-hybridized carbons (Fsp3) is 0.939. The second-order valence-corrected chi connectivity index (χ2v) is 12.5. The summed E-state index contributed by atoms with van der Waals surface area (Å²) in [5, 5.41) is 0. The Morgan fingerprint density at radius 3 is 0.917 bits per heavy atom. The molecule has 0 bridgehead atoms. The number of alkyl halides is 1. The zero-order valence-electron chi connectivity index (χ0n) is 24.9. The predicted octanol–water partition coefficient (Wildman–Crippen LogP) is 8.62. The Morgan fingerprint density at radius 2 is 0.694 bits per heavy atom. The van der Waals surface area contributed by atoms with Gasteiger partial charge in [-0.25, -0.2) is 0 Å². The van der Waals surface area contributed by atoms with Gasteiger partial charge in [-0.15, -0.1) is 6.42 Å². The van der Waals surface area contributed by atoms with Crippen LogP contribution in [-0.4, -0.2) is 28.2 Å². The lowest BCUT2D eigenvalue weighted by Crippen LogP contribution is -3.00. The zero-order valence-corrected chi connectivity index (χ0v) is 27.9. The summed E-state index contributed by atoms with van der Waals surface area (Å²) in [4.78, 5) is 0. The first-order valence-corrected chi connectivity index (χ1v) is 17.4. The van der Waals surface area contributed by atoms with Crippen LogP contribution >= 0.6 is 22.6 Å². The number of hydrogen-bond acceptors (Lipinski definition) is 0. The summed E-state index contributed by atoms with van der Waals surface area (Å²) in [5.74, 6) is 3.19. The molecule has 0 saturated heterocycles. The van der Waals surface area contributed by atoms with E-state index in [1.165, 1.54) is 178 Å². The highest BCUT2D eigenvalue weighted by Gasteiger charge is 2.32. The van der Waals surface area contributed by atoms with Gasteiger partial charge in [-0.05, 0) is 44.4 Å². The summed E-state index contributed by atoms with van der Waals surface area (Å²) in [6, 6.07) is 0. The molecule has 0 spiro atoms. The van der Waals surface area contributed by atoms with E-state index in [1.54, 1.807) is 0 Å². The van der Waals surface area contributed by atoms with E-state index in [1.807, 2.05) is 0 Å². The van der Waals surface area contributed by atoms with Crippen LogP contribution < -0.4 is 12.4 Å². The first-order chi connectivity index (χ1) is 17.2. The molecule has 216 valence electrons. The number of terminal acetylenes is 1. The first-order valence-electron chi connectivity index (χ1n) is 16.1. The Hall–Kier alpha value is 0.540. The third-order valence-electron chi connectivity index (χ3n) is 7.99. The van der Waals surface area contributed by atoms with Gasteiger partial charge in [0.15, 0.2) is 0 Å². The number of hydrogen-bond donors (Lipinski definition) is 0. The van der Waals surface area contributed by atoms with E-state index in [-0.39, 0.29) is 12.4 Å². The Labute approximate surface area is 249 Å². The summed E-state index contributed by atoms with van der Waals surface area (Å²) in [6.45, 7) is 10.8. The maximum absolute atomic E-state index is 6.08. The third kappa shape index (κ3) is 22.5. The van der Waals surface area contributed by atoms with Gasteiger partial charge in [0.05, 0.1) is 19.6 Å². The van der Waals surface area contributed by atoms with E-state index in [0.717, 1.165) is 0 Å². The molecule has 0 amide bonds. The Kier molecular flexibility index (Phi) is 32.3. The van der Waals surface area contributed by atoms with Crippen molar-refractivity contribution in [3.63, 3.8) is 0 Å². The summed E-state index contributed by atoms with van der Waals surface area (Å²) < 4.78 is 1.53. The van der Waals surface area contributed by atoms with Gasteiger partial charge in [-0.1, -0.05) is 136 Å². The second kappa shape index (κ2) is 30.1. The molecule has 0 heterocycles. The number of unbranched alkanes of at least 4 members (excludes halogenated alkanes) is 21. The fourth-order valence-electron chi connectivity index (χ4n) is 5.52. The lowest BCUT2D eigenvalue weighted by atomic mass is 10.0. The SMILES string of the molecule is C#CC(I)[N+](CCCCCCCCC)(CCCCCCCCC)CCCCCCCCCCCC.[Cl-]. The lowest BCUT2D eigenvalue weighted by Gasteiger charge is -2.41. The maximum atomic E-state index is 6.08. The Morgan fingerprint density at radius 1 is 0.472 bits per heavy atom. The maximum Gasteiger partial charge on any atom is 0.200 e. The van der Waals surface area contributed by atoms with Crippen molar-refractivity contribution in [1.29, 1.82) is 0 Å². The van der Waals surface area contributed by atoms with Gasteiger partial charge in [-0.2, -0.15) is 0 Å². The smallest absolute Gasteiger partial charge is 0.200 e. The molecule has 3 heteroatoms. The average molecular weight is 638 g/mol. The van der Waals surface area contributed by atoms with E-state index in [2.05, 4.69) is 49.3 Å². The van der Waals surface area contributed by atoms with Crippen LogP contribution in [0.15, 0.2) is 0 Å². The standard InChI is InChI=1S/C33H65IN.ClH/c1-5-9-12-15-18-19-20-23-26-29-32-35(33(34)8-4,30-27-24-21-16-13-10-6-2)31-28-25-22-17-14-11-7-3;/h4,33H,5-7,9-32H2,1-3H3;1H/q+1;/p-1. The number of quaternary nitrogens is 1. The minimum atomic E-state index is 0. The molecular weight excluding hydrogens is 573 g/mol. The van der Waals surface area contributed by atoms with Gasteiger partial charge in [0.1, 0.15) is 0 Å². The minimum absolute atomic E-state index is 0. The average Bonchev–Trinajstić information content (AvgIpc) is 2.87. The molecule has 0 aromatic heterocycles. The van der Waals surface area contributed by atoms with Crippen molar-refractivity contribution < 1.29 is 16.9 Å². The van der Waals surface area contributed by atoms with Crippen molar-refractivity contribution in [3.05, 3.63) is 0 Å². The third-order valence-corrected chi connectivity index (χ3v) is 9.53. The van der Waals surface area contributed by atoms with Crippen LogP contribution in [0.2, 0.25) is 0 Å². The molecular formula is C33H65ClIN. The van der Waals surface area contributed by atoms with Crippen molar-refractivity contribution >= 4 is 22.6 Å². The van der Waals surface area contributed by atoms with Gasteiger partial charge >= 0.3 is 0 Å². The fourth-order valence-corrected chi connectivity index (χ4v) is 6.35. The molecule has 0 fully saturated rings. The lowest BCUT2D eigenvalue weighted by molar-refractivity contribution is -0.927. The van der Waals surface area contributed by atoms with Gasteiger partial charge in [0.2, 0.25) is 4.05 Å². The number of halogens is 2. The Bertz CT molecular complexity index is 443. The van der Waals surface area contributed by atoms with Crippen LogP contribution in [0.3, 0.4) is 0 Å². The van der Waals surface area contributed by atoms with Crippen LogP contribution in [0.4, 0.5) is 0 Å². The van der Waals surface area contributed by atoms with Crippen molar-refractivity contribution in [1.82, 2.24) is 0 Å². The van der Waals surface area contributed by atoms with Crippen molar-refractivity contribution in [3.8, 4) is 12.3 Å². The van der Waals surface area contributed by atoms with Crippen LogP contribution in [0.5, 0.6) is 0 Å². The number of nitrogens with zero attached hydrogens (tertiary/aromatic N) is 1. The van der Waals surface area contributed by atoms with E-state index in [4.69, 9.17) is 6.42 Å². The molecule has 0 rings (SSSR count). The normalized spacial score (nSPS) is 12.3. The molecule has 0 aliphatic carbocycles. The summed E-state index contributed by atoms with van der Waals surface area (Å²) in [6.07, 6.45) is 39.8. The highest BCUT2D eigenvalue weighted by Crippen LogP contribution is 2.25. The molecule has 1 nitrogen and oxygen atoms in total. The molecule has 1 unspecified atom stereocenters. The highest BCUT2D eigenvalue weighted by molar-refractivity contribution is 14.1. The van der Waals surface area contributed by atoms with E-state index in [9.17, 15) is 0 Å². The minimum Gasteiger partial charge on any atom is -1.00 e. The van der Waals surface area contributed by atoms with Crippen LogP contribution in [0, 0.1) is 12.3 Å². The second-order valence-electron chi connectivity index (χ2n) is 11.3. The molecule has 1 atom stereocenters. The van der Waals surface area contributed by atoms with Gasteiger partial charge < -0.3 is 16.9 Å². The van der Waals surface area contributed by atoms with E-state index in [0.29, 0.717) is 4.05 Å². The molecule has 0 aliphatic heterocycles. The largest absolute Gasteiger partial charge is 1.00 e. The number of rotatable bonds is 28. The van der Waals surface area contributed by atoms with Crippen molar-refractivity contribution in [2.45, 2.75) is 179 Å². The monoisotopic (exact) mass is 637 g/mol. The van der Waals surface area contributed by atoms with Gasteiger partial charge in [-0.3, -0.25) is 0 Å². The zero-order chi connectivity index (χ0) is 25.9. The summed E-state index contributed by atoms with van der Waals surface area (Å²) >= 11 is 2.61. The molecule has 36 heavy (non-hydrogen) atoms. The molecule has 0 saturated carbocycles. The van der Waals surface area contributed by atoms with Crippen LogP contribution in [-0.2, 0) is 0 Å². The quantitative estimate of drug-likeness (QED) is 0.0201. The van der Waals surface area contributed by atoms with Crippen LogP contribution in [0.1, 0.15) is 175 Å². The highest BCUT2D eigenvalue weighted by atomic mass is 127. The molecule has 0 N–H and O–H groups in total. The molecule has 0 aromatic carbocycles. The van der Waals surface area contributed by atoms with Gasteiger partial charge in [0.25, 0.3) is 0 Å². The topological polar surface area (TPSA) is 0 Å². The molecule has 0 radical (unpaired) electrons. The predicted molar refractivity (Wildman–Crippen MR) is 169 cm³/mol. The summed E-state index contributed by atoms with van der Waals surface area (Å²) in [5.41, 5.74) is 0. The first kappa shape index (κ1) is 38.7. The van der Waals surface area contributed by atoms with E-state index < -0.39 is 0 Å². The molecule has 0 aliphatic rings. The van der Waals surface area contributed by atoms with Crippen molar-refractivity contribution in [2.24, 2.45) is 0 Å². The van der Waals surface area contributed by atoms with Crippen molar-refractivity contribution in [2.75, 3.05) is 19.6 Å². The van der Waals surface area contributed by atoms with Crippen LogP contribution in [0.25, 0.3) is 0 Å². The van der Waals surface area contributed by atoms with E-state index >= 15 is 0 Å².